The molecule has 0 saturated carbocycles. The molecule has 0 spiro atoms. The fourth-order valence-corrected chi connectivity index (χ4v) is 2.80. The lowest BCUT2D eigenvalue weighted by atomic mass is 10.0. The van der Waals surface area contributed by atoms with E-state index in [1.807, 2.05) is 0 Å². The predicted octanol–water partition coefficient (Wildman–Crippen LogP) is 1.96. The monoisotopic (exact) mass is 344 g/mol. The highest BCUT2D eigenvalue weighted by Gasteiger charge is 2.27. The van der Waals surface area contributed by atoms with E-state index in [1.54, 1.807) is 24.3 Å². The Morgan fingerprint density at radius 3 is 2.80 bits per heavy atom. The summed E-state index contributed by atoms with van der Waals surface area (Å²) in [5.41, 5.74) is 7.37. The zero-order valence-electron chi connectivity index (χ0n) is 13.2. The Bertz CT molecular complexity index is 799. The standard InChI is InChI=1S/C17H17FN4O3/c18-13-5-1-3-11(7-13)8-17(23)19-16-10-15(20-21-16)12-4-2-6-14(9-12)22(24)25/h1-7,9,15-16,20-21H,8,10H2,(H,19,23). The fourth-order valence-electron chi connectivity index (χ4n) is 2.80. The molecule has 8 heteroatoms. The van der Waals surface area contributed by atoms with Gasteiger partial charge in [-0.1, -0.05) is 24.3 Å². The molecule has 130 valence electrons. The van der Waals surface area contributed by atoms with Gasteiger partial charge in [-0.2, -0.15) is 0 Å². The van der Waals surface area contributed by atoms with Crippen LogP contribution in [0.25, 0.3) is 0 Å². The van der Waals surface area contributed by atoms with E-state index in [2.05, 4.69) is 16.2 Å². The van der Waals surface area contributed by atoms with Crippen molar-refractivity contribution in [3.63, 3.8) is 0 Å². The molecule has 2 aromatic rings. The van der Waals surface area contributed by atoms with Crippen molar-refractivity contribution in [2.24, 2.45) is 0 Å². The van der Waals surface area contributed by atoms with E-state index in [0.717, 1.165) is 5.56 Å². The second kappa shape index (κ2) is 7.37. The van der Waals surface area contributed by atoms with Gasteiger partial charge in [-0.3, -0.25) is 14.9 Å². The molecule has 2 aromatic carbocycles. The molecule has 0 bridgehead atoms. The van der Waals surface area contributed by atoms with Gasteiger partial charge in [0.2, 0.25) is 5.91 Å². The van der Waals surface area contributed by atoms with Gasteiger partial charge in [0.05, 0.1) is 17.5 Å². The first-order valence-corrected chi connectivity index (χ1v) is 7.80. The van der Waals surface area contributed by atoms with Gasteiger partial charge < -0.3 is 5.32 Å². The van der Waals surface area contributed by atoms with Crippen molar-refractivity contribution >= 4 is 11.6 Å². The molecule has 3 rings (SSSR count). The predicted molar refractivity (Wildman–Crippen MR) is 88.8 cm³/mol. The van der Waals surface area contributed by atoms with Gasteiger partial charge >= 0.3 is 0 Å². The molecule has 1 aliphatic heterocycles. The van der Waals surface area contributed by atoms with Crippen molar-refractivity contribution < 1.29 is 14.1 Å². The molecule has 0 radical (unpaired) electrons. The molecule has 0 aromatic heterocycles. The number of nitrogens with zero attached hydrogens (tertiary/aromatic N) is 1. The molecule has 1 heterocycles. The van der Waals surface area contributed by atoms with E-state index < -0.39 is 4.92 Å². The number of non-ortho nitro benzene ring substituents is 1. The van der Waals surface area contributed by atoms with Crippen LogP contribution in [0.15, 0.2) is 48.5 Å². The normalized spacial score (nSPS) is 19.6. The number of nitro benzene ring substituents is 1. The molecule has 2 atom stereocenters. The van der Waals surface area contributed by atoms with Crippen LogP contribution >= 0.6 is 0 Å². The summed E-state index contributed by atoms with van der Waals surface area (Å²) in [7, 11) is 0. The third-order valence-corrected chi connectivity index (χ3v) is 3.98. The lowest BCUT2D eigenvalue weighted by Crippen LogP contribution is -2.44. The minimum absolute atomic E-state index is 0.0258. The summed E-state index contributed by atoms with van der Waals surface area (Å²) < 4.78 is 13.1. The summed E-state index contributed by atoms with van der Waals surface area (Å²) in [6, 6.07) is 12.1. The maximum Gasteiger partial charge on any atom is 0.269 e. The smallest absolute Gasteiger partial charge is 0.269 e. The highest BCUT2D eigenvalue weighted by atomic mass is 19.1. The van der Waals surface area contributed by atoms with E-state index in [0.29, 0.717) is 12.0 Å². The SMILES string of the molecule is O=C(Cc1cccc(F)c1)NC1CC(c2cccc([N+](=O)[O-])c2)NN1. The molecule has 3 N–H and O–H groups in total. The fraction of sp³-hybridized carbons (Fsp3) is 0.235. The van der Waals surface area contributed by atoms with E-state index in [-0.39, 0.29) is 36.0 Å². The number of carbonyl (C=O) groups excluding carboxylic acids is 1. The lowest BCUT2D eigenvalue weighted by Gasteiger charge is -2.12. The minimum atomic E-state index is -0.440. The third-order valence-electron chi connectivity index (χ3n) is 3.98. The van der Waals surface area contributed by atoms with Crippen LogP contribution in [0.1, 0.15) is 23.6 Å². The van der Waals surface area contributed by atoms with Gasteiger partial charge in [-0.15, -0.1) is 0 Å². The summed E-state index contributed by atoms with van der Waals surface area (Å²) >= 11 is 0. The van der Waals surface area contributed by atoms with Crippen molar-refractivity contribution in [1.29, 1.82) is 0 Å². The Balaban J connectivity index is 1.57. The van der Waals surface area contributed by atoms with Crippen molar-refractivity contribution in [2.75, 3.05) is 0 Å². The Hall–Kier alpha value is -2.84. The average molecular weight is 344 g/mol. The number of amides is 1. The van der Waals surface area contributed by atoms with Crippen LogP contribution in [0.3, 0.4) is 0 Å². The van der Waals surface area contributed by atoms with Gasteiger partial charge in [-0.25, -0.2) is 15.2 Å². The van der Waals surface area contributed by atoms with E-state index in [9.17, 15) is 19.3 Å². The zero-order chi connectivity index (χ0) is 17.8. The maximum absolute atomic E-state index is 13.1. The average Bonchev–Trinajstić information content (AvgIpc) is 3.03. The lowest BCUT2D eigenvalue weighted by molar-refractivity contribution is -0.384. The van der Waals surface area contributed by atoms with Crippen LogP contribution in [0.2, 0.25) is 0 Å². The van der Waals surface area contributed by atoms with Gasteiger partial charge in [0.15, 0.2) is 0 Å². The van der Waals surface area contributed by atoms with E-state index >= 15 is 0 Å². The van der Waals surface area contributed by atoms with E-state index in [4.69, 9.17) is 0 Å². The molecule has 25 heavy (non-hydrogen) atoms. The van der Waals surface area contributed by atoms with Crippen LogP contribution in [-0.2, 0) is 11.2 Å². The minimum Gasteiger partial charge on any atom is -0.339 e. The number of nitro groups is 1. The van der Waals surface area contributed by atoms with Crippen molar-refractivity contribution in [2.45, 2.75) is 25.0 Å². The highest BCUT2D eigenvalue weighted by Crippen LogP contribution is 2.24. The van der Waals surface area contributed by atoms with Crippen LogP contribution in [0, 0.1) is 15.9 Å². The Morgan fingerprint density at radius 1 is 1.24 bits per heavy atom. The Morgan fingerprint density at radius 2 is 2.04 bits per heavy atom. The maximum atomic E-state index is 13.1. The second-order valence-corrected chi connectivity index (χ2v) is 5.86. The number of rotatable bonds is 5. The summed E-state index contributed by atoms with van der Waals surface area (Å²) in [4.78, 5) is 22.5. The third kappa shape index (κ3) is 4.37. The molecule has 1 aliphatic rings. The molecule has 0 aliphatic carbocycles. The second-order valence-electron chi connectivity index (χ2n) is 5.86. The number of hydrogen-bond acceptors (Lipinski definition) is 5. The Kier molecular flexibility index (Phi) is 5.01. The van der Waals surface area contributed by atoms with Gasteiger partial charge in [-0.05, 0) is 23.3 Å². The first-order chi connectivity index (χ1) is 12.0. The van der Waals surface area contributed by atoms with Crippen molar-refractivity contribution in [1.82, 2.24) is 16.2 Å². The number of benzene rings is 2. The van der Waals surface area contributed by atoms with Crippen LogP contribution in [-0.4, -0.2) is 17.0 Å². The van der Waals surface area contributed by atoms with Crippen LogP contribution in [0.4, 0.5) is 10.1 Å². The highest BCUT2D eigenvalue weighted by molar-refractivity contribution is 5.78. The molecule has 2 unspecified atom stereocenters. The molecular weight excluding hydrogens is 327 g/mol. The number of hydrazine groups is 1. The quantitative estimate of drug-likeness (QED) is 0.569. The summed E-state index contributed by atoms with van der Waals surface area (Å²) in [6.07, 6.45) is 0.304. The number of hydrogen-bond donors (Lipinski definition) is 3. The molecule has 7 nitrogen and oxygen atoms in total. The Labute approximate surface area is 143 Å². The van der Waals surface area contributed by atoms with Gasteiger partial charge in [0.25, 0.3) is 5.69 Å². The van der Waals surface area contributed by atoms with Gasteiger partial charge in [0, 0.05) is 24.6 Å². The first kappa shape index (κ1) is 17.0. The first-order valence-electron chi connectivity index (χ1n) is 7.80. The molecule has 1 amide bonds. The van der Waals surface area contributed by atoms with Gasteiger partial charge in [0.1, 0.15) is 5.82 Å². The summed E-state index contributed by atoms with van der Waals surface area (Å²) in [5, 5.41) is 13.7. The van der Waals surface area contributed by atoms with Crippen LogP contribution < -0.4 is 16.2 Å². The van der Waals surface area contributed by atoms with Crippen molar-refractivity contribution in [3.05, 3.63) is 75.6 Å². The topological polar surface area (TPSA) is 96.3 Å². The number of nitrogens with one attached hydrogen (secondary N) is 3. The van der Waals surface area contributed by atoms with Crippen LogP contribution in [0.5, 0.6) is 0 Å². The number of carbonyl (C=O) groups is 1. The molecule has 1 saturated heterocycles. The summed E-state index contributed by atoms with van der Waals surface area (Å²) in [6.45, 7) is 0. The zero-order valence-corrected chi connectivity index (χ0v) is 13.2. The molecular formula is C17H17FN4O3. The number of halogens is 1. The largest absolute Gasteiger partial charge is 0.339 e. The summed E-state index contributed by atoms with van der Waals surface area (Å²) in [5.74, 6) is -0.610. The van der Waals surface area contributed by atoms with E-state index in [1.165, 1.54) is 24.3 Å². The molecule has 1 fully saturated rings. The van der Waals surface area contributed by atoms with Crippen molar-refractivity contribution in [3.8, 4) is 0 Å².